The van der Waals surface area contributed by atoms with Crippen LogP contribution in [0.2, 0.25) is 0 Å². The monoisotopic (exact) mass is 641 g/mol. The van der Waals surface area contributed by atoms with E-state index >= 15 is 0 Å². The molecule has 218 valence electrons. The van der Waals surface area contributed by atoms with Crippen LogP contribution in [0.25, 0.3) is 0 Å². The summed E-state index contributed by atoms with van der Waals surface area (Å²) in [6.45, 7) is 3.22. The third-order valence-electron chi connectivity index (χ3n) is 7.38. The third kappa shape index (κ3) is 7.68. The van der Waals surface area contributed by atoms with E-state index < -0.39 is 28.5 Å². The number of anilines is 1. The summed E-state index contributed by atoms with van der Waals surface area (Å²) in [5.41, 5.74) is 2.05. The van der Waals surface area contributed by atoms with Crippen LogP contribution in [0.15, 0.2) is 82.2 Å². The lowest BCUT2D eigenvalue weighted by atomic mass is 10.1. The number of nitrogens with one attached hydrogen (secondary N) is 1. The number of hydrogen-bond donors (Lipinski definition) is 1. The van der Waals surface area contributed by atoms with E-state index in [4.69, 9.17) is 4.74 Å². The van der Waals surface area contributed by atoms with Crippen molar-refractivity contribution in [2.24, 2.45) is 0 Å². The Balaban J connectivity index is 1.68. The van der Waals surface area contributed by atoms with Gasteiger partial charge in [-0.2, -0.15) is 0 Å². The first-order valence-electron chi connectivity index (χ1n) is 13.7. The van der Waals surface area contributed by atoms with Crippen LogP contribution in [-0.2, 0) is 26.2 Å². The van der Waals surface area contributed by atoms with Gasteiger partial charge < -0.3 is 15.0 Å². The molecule has 8 nitrogen and oxygen atoms in total. The van der Waals surface area contributed by atoms with E-state index in [-0.39, 0.29) is 23.4 Å². The Labute approximate surface area is 250 Å². The summed E-state index contributed by atoms with van der Waals surface area (Å²) in [6, 6.07) is 19.8. The fraction of sp³-hybridized carbons (Fsp3) is 0.355. The lowest BCUT2D eigenvalue weighted by Crippen LogP contribution is -2.52. The van der Waals surface area contributed by atoms with Crippen molar-refractivity contribution in [3.05, 3.63) is 88.4 Å². The Kier molecular flexibility index (Phi) is 10.1. The molecule has 3 aromatic carbocycles. The van der Waals surface area contributed by atoms with Crippen LogP contribution < -0.4 is 14.4 Å². The number of amides is 2. The molecule has 0 aliphatic heterocycles. The number of carbonyl (C=O) groups excluding carboxylic acids is 2. The minimum absolute atomic E-state index is 0.0678. The van der Waals surface area contributed by atoms with Crippen molar-refractivity contribution in [3.63, 3.8) is 0 Å². The zero-order valence-electron chi connectivity index (χ0n) is 23.5. The topological polar surface area (TPSA) is 96.0 Å². The Morgan fingerprint density at radius 1 is 0.976 bits per heavy atom. The van der Waals surface area contributed by atoms with Gasteiger partial charge in [-0.1, -0.05) is 58.6 Å². The summed E-state index contributed by atoms with van der Waals surface area (Å²) in [4.78, 5) is 28.9. The second kappa shape index (κ2) is 13.5. The Bertz CT molecular complexity index is 1440. The van der Waals surface area contributed by atoms with E-state index in [0.717, 1.165) is 45.6 Å². The Morgan fingerprint density at radius 2 is 1.59 bits per heavy atom. The van der Waals surface area contributed by atoms with E-state index in [0.29, 0.717) is 11.4 Å². The normalized spacial score (nSPS) is 14.3. The highest BCUT2D eigenvalue weighted by Gasteiger charge is 2.33. The van der Waals surface area contributed by atoms with Crippen molar-refractivity contribution in [1.82, 2.24) is 10.2 Å². The molecule has 0 radical (unpaired) electrons. The van der Waals surface area contributed by atoms with Crippen molar-refractivity contribution < 1.29 is 22.7 Å². The van der Waals surface area contributed by atoms with E-state index in [1.807, 2.05) is 31.2 Å². The van der Waals surface area contributed by atoms with Crippen LogP contribution >= 0.6 is 15.9 Å². The number of carbonyl (C=O) groups is 2. The van der Waals surface area contributed by atoms with Crippen molar-refractivity contribution in [2.75, 3.05) is 18.0 Å². The molecule has 0 heterocycles. The number of aryl methyl sites for hydroxylation is 1. The van der Waals surface area contributed by atoms with Gasteiger partial charge in [0.25, 0.3) is 10.0 Å². The highest BCUT2D eigenvalue weighted by molar-refractivity contribution is 9.10. The minimum Gasteiger partial charge on any atom is -0.497 e. The smallest absolute Gasteiger partial charge is 0.264 e. The van der Waals surface area contributed by atoms with Gasteiger partial charge in [-0.05, 0) is 80.8 Å². The van der Waals surface area contributed by atoms with Gasteiger partial charge in [0.05, 0.1) is 17.7 Å². The Hall–Kier alpha value is -3.37. The van der Waals surface area contributed by atoms with Crippen LogP contribution in [0.3, 0.4) is 0 Å². The molecule has 1 N–H and O–H groups in total. The van der Waals surface area contributed by atoms with Gasteiger partial charge in [0, 0.05) is 17.1 Å². The fourth-order valence-corrected chi connectivity index (χ4v) is 6.55. The van der Waals surface area contributed by atoms with Crippen molar-refractivity contribution >= 4 is 43.5 Å². The standard InChI is InChI=1S/C31H36BrN3O5S/c1-22-8-18-29(19-9-22)41(38,39)35(27-14-16-28(40-3)17-15-27)21-30(36)34(20-24-10-12-25(32)13-11-24)23(2)31(37)33-26-6-4-5-7-26/h8-19,23,26H,4-7,20-21H2,1-3H3,(H,33,37)/t23-/m0/s1. The second-order valence-electron chi connectivity index (χ2n) is 10.3. The molecule has 0 spiro atoms. The molecule has 0 unspecified atom stereocenters. The maximum atomic E-state index is 14.0. The van der Waals surface area contributed by atoms with E-state index in [2.05, 4.69) is 21.2 Å². The number of halogens is 1. The zero-order chi connectivity index (χ0) is 29.6. The average Bonchev–Trinajstić information content (AvgIpc) is 3.48. The molecule has 1 aliphatic rings. The highest BCUT2D eigenvalue weighted by atomic mass is 79.9. The van der Waals surface area contributed by atoms with Crippen LogP contribution in [0.4, 0.5) is 5.69 Å². The molecule has 41 heavy (non-hydrogen) atoms. The fourth-order valence-electron chi connectivity index (χ4n) is 4.88. The molecule has 0 bridgehead atoms. The maximum Gasteiger partial charge on any atom is 0.264 e. The molecule has 2 amide bonds. The SMILES string of the molecule is COc1ccc(N(CC(=O)N(Cc2ccc(Br)cc2)[C@@H](C)C(=O)NC2CCCC2)S(=O)(=O)c2ccc(C)cc2)cc1. The molecule has 0 saturated heterocycles. The molecule has 1 saturated carbocycles. The second-order valence-corrected chi connectivity index (χ2v) is 13.1. The molecule has 1 aliphatic carbocycles. The summed E-state index contributed by atoms with van der Waals surface area (Å²) in [6.07, 6.45) is 3.96. The average molecular weight is 643 g/mol. The lowest BCUT2D eigenvalue weighted by molar-refractivity contribution is -0.139. The molecule has 4 rings (SSSR count). The van der Waals surface area contributed by atoms with Gasteiger partial charge in [0.1, 0.15) is 18.3 Å². The maximum absolute atomic E-state index is 14.0. The first kappa shape index (κ1) is 30.6. The number of nitrogens with zero attached hydrogens (tertiary/aromatic N) is 2. The molecule has 1 atom stereocenters. The first-order valence-corrected chi connectivity index (χ1v) is 15.9. The third-order valence-corrected chi connectivity index (χ3v) is 9.70. The zero-order valence-corrected chi connectivity index (χ0v) is 25.9. The summed E-state index contributed by atoms with van der Waals surface area (Å²) in [5.74, 6) is -0.185. The number of ether oxygens (including phenoxy) is 1. The number of benzene rings is 3. The number of sulfonamides is 1. The predicted molar refractivity (Wildman–Crippen MR) is 163 cm³/mol. The summed E-state index contributed by atoms with van der Waals surface area (Å²) < 4.78 is 35.1. The van der Waals surface area contributed by atoms with E-state index in [9.17, 15) is 18.0 Å². The largest absolute Gasteiger partial charge is 0.497 e. The van der Waals surface area contributed by atoms with Crippen molar-refractivity contribution in [3.8, 4) is 5.75 Å². The van der Waals surface area contributed by atoms with Crippen molar-refractivity contribution in [2.45, 2.75) is 63.1 Å². The van der Waals surface area contributed by atoms with Gasteiger partial charge in [0.15, 0.2) is 0 Å². The quantitative estimate of drug-likeness (QED) is 0.301. The van der Waals surface area contributed by atoms with Crippen LogP contribution in [-0.4, -0.2) is 50.9 Å². The number of hydrogen-bond acceptors (Lipinski definition) is 5. The van der Waals surface area contributed by atoms with E-state index in [1.165, 1.54) is 24.1 Å². The molecule has 10 heteroatoms. The van der Waals surface area contributed by atoms with E-state index in [1.54, 1.807) is 43.3 Å². The predicted octanol–water partition coefficient (Wildman–Crippen LogP) is 5.44. The van der Waals surface area contributed by atoms with Crippen LogP contribution in [0, 0.1) is 6.92 Å². The molecule has 0 aromatic heterocycles. The van der Waals surface area contributed by atoms with Crippen molar-refractivity contribution in [1.29, 1.82) is 0 Å². The molecular formula is C31H36BrN3O5S. The Morgan fingerprint density at radius 3 is 2.17 bits per heavy atom. The van der Waals surface area contributed by atoms with Gasteiger partial charge in [-0.3, -0.25) is 13.9 Å². The highest BCUT2D eigenvalue weighted by Crippen LogP contribution is 2.27. The van der Waals surface area contributed by atoms with Gasteiger partial charge in [0.2, 0.25) is 11.8 Å². The minimum atomic E-state index is -4.12. The van der Waals surface area contributed by atoms with Crippen LogP contribution in [0.1, 0.15) is 43.7 Å². The van der Waals surface area contributed by atoms with Crippen LogP contribution in [0.5, 0.6) is 5.75 Å². The molecule has 3 aromatic rings. The summed E-state index contributed by atoms with van der Waals surface area (Å²) in [7, 11) is -2.60. The summed E-state index contributed by atoms with van der Waals surface area (Å²) >= 11 is 3.43. The van der Waals surface area contributed by atoms with Gasteiger partial charge >= 0.3 is 0 Å². The first-order chi connectivity index (χ1) is 19.6. The van der Waals surface area contributed by atoms with Gasteiger partial charge in [-0.15, -0.1) is 0 Å². The number of methoxy groups -OCH3 is 1. The number of rotatable bonds is 11. The van der Waals surface area contributed by atoms with Gasteiger partial charge in [-0.25, -0.2) is 8.42 Å². The lowest BCUT2D eigenvalue weighted by Gasteiger charge is -2.32. The molecular weight excluding hydrogens is 606 g/mol. The molecule has 1 fully saturated rings. The summed E-state index contributed by atoms with van der Waals surface area (Å²) in [5, 5.41) is 3.08.